The summed E-state index contributed by atoms with van der Waals surface area (Å²) in [6.07, 6.45) is 1.17. The maximum atomic E-state index is 12.6. The molecule has 2 amide bonds. The van der Waals surface area contributed by atoms with Crippen molar-refractivity contribution in [1.29, 1.82) is 0 Å². The number of anilines is 1. The highest BCUT2D eigenvalue weighted by Gasteiger charge is 2.30. The Hall–Kier alpha value is -1.49. The molecule has 5 heteroatoms. The molecular formula is C17H22N2O2S. The van der Waals surface area contributed by atoms with Crippen LogP contribution in [0.25, 0.3) is 0 Å². The Bertz CT molecular complexity index is 580. The number of hydrogen-bond acceptors (Lipinski definition) is 3. The summed E-state index contributed by atoms with van der Waals surface area (Å²) in [5.41, 5.74) is 0.871. The van der Waals surface area contributed by atoms with Crippen molar-refractivity contribution >= 4 is 29.3 Å². The van der Waals surface area contributed by atoms with E-state index in [-0.39, 0.29) is 18.4 Å². The molecule has 0 radical (unpaired) electrons. The Morgan fingerprint density at radius 1 is 1.23 bits per heavy atom. The fraction of sp³-hybridized carbons (Fsp3) is 0.529. The number of amides is 2. The van der Waals surface area contributed by atoms with E-state index < -0.39 is 0 Å². The molecule has 3 rings (SSSR count). The topological polar surface area (TPSA) is 40.6 Å². The number of piperidine rings is 1. The van der Waals surface area contributed by atoms with Crippen LogP contribution in [-0.2, 0) is 9.59 Å². The van der Waals surface area contributed by atoms with Crippen LogP contribution in [0.4, 0.5) is 5.69 Å². The Morgan fingerprint density at radius 2 is 1.91 bits per heavy atom. The second kappa shape index (κ2) is 6.32. The monoisotopic (exact) mass is 318 g/mol. The van der Waals surface area contributed by atoms with Crippen molar-refractivity contribution in [2.24, 2.45) is 11.8 Å². The lowest BCUT2D eigenvalue weighted by molar-refractivity contribution is -0.133. The quantitative estimate of drug-likeness (QED) is 0.842. The number of para-hydroxylation sites is 1. The maximum Gasteiger partial charge on any atom is 0.242 e. The van der Waals surface area contributed by atoms with Crippen molar-refractivity contribution in [2.45, 2.75) is 25.2 Å². The van der Waals surface area contributed by atoms with E-state index in [4.69, 9.17) is 0 Å². The number of carbonyl (C=O) groups is 2. The Balaban J connectivity index is 1.75. The number of thioether (sulfide) groups is 1. The summed E-state index contributed by atoms with van der Waals surface area (Å²) in [6.45, 7) is 6.15. The third-order valence-corrected chi connectivity index (χ3v) is 5.37. The molecule has 0 bridgehead atoms. The minimum Gasteiger partial charge on any atom is -0.341 e. The number of hydrogen-bond donors (Lipinski definition) is 0. The van der Waals surface area contributed by atoms with Crippen molar-refractivity contribution in [3.8, 4) is 0 Å². The van der Waals surface area contributed by atoms with E-state index >= 15 is 0 Å². The largest absolute Gasteiger partial charge is 0.341 e. The van der Waals surface area contributed by atoms with Crippen molar-refractivity contribution in [3.63, 3.8) is 0 Å². The normalized spacial score (nSPS) is 25.1. The molecule has 22 heavy (non-hydrogen) atoms. The molecule has 0 aliphatic carbocycles. The lowest BCUT2D eigenvalue weighted by Gasteiger charge is -2.37. The zero-order chi connectivity index (χ0) is 15.7. The summed E-state index contributed by atoms with van der Waals surface area (Å²) in [7, 11) is 0. The summed E-state index contributed by atoms with van der Waals surface area (Å²) in [5.74, 6) is 1.57. The van der Waals surface area contributed by atoms with E-state index in [1.54, 1.807) is 16.7 Å². The van der Waals surface area contributed by atoms with Gasteiger partial charge in [-0.25, -0.2) is 0 Å². The van der Waals surface area contributed by atoms with Crippen LogP contribution in [0.1, 0.15) is 20.3 Å². The first-order chi connectivity index (χ1) is 10.5. The molecule has 2 aliphatic rings. The number of benzene rings is 1. The molecule has 1 saturated heterocycles. The minimum absolute atomic E-state index is 0.0233. The third-order valence-electron chi connectivity index (χ3n) is 4.32. The SMILES string of the molecule is CC1CC(C)CN(C(=O)CN2C(=O)CSc3ccccc32)C1. The van der Waals surface area contributed by atoms with Gasteiger partial charge >= 0.3 is 0 Å². The van der Waals surface area contributed by atoms with Gasteiger partial charge in [0, 0.05) is 18.0 Å². The highest BCUT2D eigenvalue weighted by atomic mass is 32.2. The van der Waals surface area contributed by atoms with Gasteiger partial charge < -0.3 is 9.80 Å². The number of nitrogens with zero attached hydrogens (tertiary/aromatic N) is 2. The fourth-order valence-corrected chi connectivity index (χ4v) is 4.36. The first-order valence-corrected chi connectivity index (χ1v) is 8.83. The first kappa shape index (κ1) is 15.4. The van der Waals surface area contributed by atoms with E-state index in [1.165, 1.54) is 6.42 Å². The average Bonchev–Trinajstić information content (AvgIpc) is 2.49. The van der Waals surface area contributed by atoms with Crippen molar-refractivity contribution in [2.75, 3.05) is 30.3 Å². The average molecular weight is 318 g/mol. The molecule has 2 atom stereocenters. The van der Waals surface area contributed by atoms with Crippen LogP contribution < -0.4 is 4.90 Å². The van der Waals surface area contributed by atoms with Gasteiger partial charge in [-0.15, -0.1) is 11.8 Å². The van der Waals surface area contributed by atoms with Gasteiger partial charge in [0.15, 0.2) is 0 Å². The molecular weight excluding hydrogens is 296 g/mol. The van der Waals surface area contributed by atoms with Crippen LogP contribution in [0.2, 0.25) is 0 Å². The number of fused-ring (bicyclic) bond motifs is 1. The second-order valence-corrected chi connectivity index (χ2v) is 7.50. The molecule has 1 aromatic rings. The zero-order valence-corrected chi connectivity index (χ0v) is 13.9. The van der Waals surface area contributed by atoms with Crippen molar-refractivity contribution in [3.05, 3.63) is 24.3 Å². The Labute approximate surface area is 135 Å². The molecule has 2 unspecified atom stereocenters. The van der Waals surface area contributed by atoms with Crippen LogP contribution in [-0.4, -0.2) is 42.1 Å². The van der Waals surface area contributed by atoms with Gasteiger partial charge in [-0.3, -0.25) is 9.59 Å². The van der Waals surface area contributed by atoms with E-state index in [0.717, 1.165) is 23.7 Å². The lowest BCUT2D eigenvalue weighted by Crippen LogP contribution is -2.49. The van der Waals surface area contributed by atoms with Crippen molar-refractivity contribution in [1.82, 2.24) is 4.90 Å². The van der Waals surface area contributed by atoms with E-state index in [1.807, 2.05) is 29.2 Å². The molecule has 4 nitrogen and oxygen atoms in total. The summed E-state index contributed by atoms with van der Waals surface area (Å²) < 4.78 is 0. The minimum atomic E-state index is 0.0233. The highest BCUT2D eigenvalue weighted by Crippen LogP contribution is 2.35. The second-order valence-electron chi connectivity index (χ2n) is 6.48. The number of carbonyl (C=O) groups excluding carboxylic acids is 2. The van der Waals surface area contributed by atoms with Gasteiger partial charge in [0.25, 0.3) is 0 Å². The first-order valence-electron chi connectivity index (χ1n) is 7.84. The van der Waals surface area contributed by atoms with Crippen LogP contribution in [0, 0.1) is 11.8 Å². The molecule has 0 saturated carbocycles. The zero-order valence-electron chi connectivity index (χ0n) is 13.1. The van der Waals surface area contributed by atoms with Crippen LogP contribution in [0.15, 0.2) is 29.2 Å². The predicted molar refractivity (Wildman–Crippen MR) is 89.0 cm³/mol. The molecule has 1 fully saturated rings. The lowest BCUT2D eigenvalue weighted by atomic mass is 9.92. The van der Waals surface area contributed by atoms with E-state index in [9.17, 15) is 9.59 Å². The van der Waals surface area contributed by atoms with Crippen LogP contribution >= 0.6 is 11.8 Å². The molecule has 0 spiro atoms. The third kappa shape index (κ3) is 3.14. The highest BCUT2D eigenvalue weighted by molar-refractivity contribution is 8.00. The van der Waals surface area contributed by atoms with Gasteiger partial charge in [-0.1, -0.05) is 26.0 Å². The van der Waals surface area contributed by atoms with Gasteiger partial charge in [0.1, 0.15) is 6.54 Å². The Kier molecular flexibility index (Phi) is 4.43. The standard InChI is InChI=1S/C17H22N2O2S/c1-12-7-13(2)9-18(8-12)16(20)10-19-14-5-3-4-6-15(14)22-11-17(19)21/h3-6,12-13H,7-11H2,1-2H3. The summed E-state index contributed by atoms with van der Waals surface area (Å²) in [4.78, 5) is 29.5. The molecule has 1 aromatic carbocycles. The molecule has 0 aromatic heterocycles. The van der Waals surface area contributed by atoms with Crippen LogP contribution in [0.5, 0.6) is 0 Å². The number of rotatable bonds is 2. The molecule has 0 N–H and O–H groups in total. The summed E-state index contributed by atoms with van der Waals surface area (Å²) in [6, 6.07) is 7.82. The maximum absolute atomic E-state index is 12.6. The Morgan fingerprint density at radius 3 is 2.64 bits per heavy atom. The van der Waals surface area contributed by atoms with Crippen molar-refractivity contribution < 1.29 is 9.59 Å². The van der Waals surface area contributed by atoms with Gasteiger partial charge in [-0.05, 0) is 30.4 Å². The molecule has 118 valence electrons. The summed E-state index contributed by atoms with van der Waals surface area (Å²) in [5, 5.41) is 0. The van der Waals surface area contributed by atoms with E-state index in [2.05, 4.69) is 13.8 Å². The van der Waals surface area contributed by atoms with E-state index in [0.29, 0.717) is 17.6 Å². The van der Waals surface area contributed by atoms with Gasteiger partial charge in [0.05, 0.1) is 11.4 Å². The molecule has 2 heterocycles. The number of likely N-dealkylation sites (tertiary alicyclic amines) is 1. The van der Waals surface area contributed by atoms with Gasteiger partial charge in [0.2, 0.25) is 11.8 Å². The smallest absolute Gasteiger partial charge is 0.242 e. The van der Waals surface area contributed by atoms with Gasteiger partial charge in [-0.2, -0.15) is 0 Å². The molecule has 2 aliphatic heterocycles. The predicted octanol–water partition coefficient (Wildman–Crippen LogP) is 2.63. The fourth-order valence-electron chi connectivity index (χ4n) is 3.43. The van der Waals surface area contributed by atoms with Crippen LogP contribution in [0.3, 0.4) is 0 Å². The summed E-state index contributed by atoms with van der Waals surface area (Å²) >= 11 is 1.55.